The Kier molecular flexibility index (Phi) is 6.56. The van der Waals surface area contributed by atoms with Crippen molar-refractivity contribution in [1.29, 1.82) is 0 Å². The van der Waals surface area contributed by atoms with E-state index < -0.39 is 23.7 Å². The van der Waals surface area contributed by atoms with Crippen LogP contribution in [0.15, 0.2) is 31.0 Å². The van der Waals surface area contributed by atoms with Gasteiger partial charge in [-0.2, -0.15) is 13.2 Å². The molecule has 1 aliphatic heterocycles. The second-order valence-corrected chi connectivity index (χ2v) is 5.71. The number of carbonyl (C=O) groups excluding carboxylic acids is 2. The van der Waals surface area contributed by atoms with Gasteiger partial charge >= 0.3 is 12.2 Å². The van der Waals surface area contributed by atoms with Crippen molar-refractivity contribution in [3.05, 3.63) is 36.5 Å². The van der Waals surface area contributed by atoms with Gasteiger partial charge in [-0.05, 0) is 12.1 Å². The van der Waals surface area contributed by atoms with Crippen molar-refractivity contribution in [2.75, 3.05) is 44.2 Å². The molecule has 1 fully saturated rings. The Balaban J connectivity index is 1.79. The van der Waals surface area contributed by atoms with E-state index in [1.54, 1.807) is 0 Å². The quantitative estimate of drug-likeness (QED) is 0.762. The van der Waals surface area contributed by atoms with E-state index in [1.807, 2.05) is 9.80 Å². The number of alkyl halides is 3. The molecule has 1 aliphatic rings. The van der Waals surface area contributed by atoms with Gasteiger partial charge in [-0.3, -0.25) is 15.0 Å². The lowest BCUT2D eigenvalue weighted by molar-refractivity contribution is -0.137. The van der Waals surface area contributed by atoms with Crippen LogP contribution in [0, 0.1) is 0 Å². The lowest BCUT2D eigenvalue weighted by atomic mass is 10.2. The minimum atomic E-state index is -4.41. The summed E-state index contributed by atoms with van der Waals surface area (Å²) < 4.78 is 37.7. The van der Waals surface area contributed by atoms with Crippen LogP contribution in [-0.2, 0) is 11.0 Å². The van der Waals surface area contributed by atoms with Crippen LogP contribution in [-0.4, -0.2) is 61.1 Å². The Morgan fingerprint density at radius 1 is 1.23 bits per heavy atom. The first-order chi connectivity index (χ1) is 12.3. The van der Waals surface area contributed by atoms with Gasteiger partial charge in [0, 0.05) is 38.9 Å². The van der Waals surface area contributed by atoms with E-state index in [0.717, 1.165) is 12.3 Å². The lowest BCUT2D eigenvalue weighted by Crippen LogP contribution is -2.51. The van der Waals surface area contributed by atoms with Gasteiger partial charge in [-0.15, -0.1) is 6.58 Å². The largest absolute Gasteiger partial charge is 0.417 e. The molecule has 0 spiro atoms. The predicted octanol–water partition coefficient (Wildman–Crippen LogP) is 1.23. The first kappa shape index (κ1) is 19.7. The Labute approximate surface area is 148 Å². The molecule has 0 aromatic carbocycles. The van der Waals surface area contributed by atoms with Gasteiger partial charge < -0.3 is 10.2 Å². The number of hydrogen-bond donors (Lipinski definition) is 2. The van der Waals surface area contributed by atoms with Crippen molar-refractivity contribution in [1.82, 2.24) is 20.5 Å². The fourth-order valence-electron chi connectivity index (χ4n) is 2.45. The maximum atomic E-state index is 12.6. The molecule has 0 atom stereocenters. The molecular formula is C16H20F3N5O2. The van der Waals surface area contributed by atoms with Crippen molar-refractivity contribution in [3.63, 3.8) is 0 Å². The highest BCUT2D eigenvalue weighted by Gasteiger charge is 2.31. The third kappa shape index (κ3) is 5.73. The first-order valence-electron chi connectivity index (χ1n) is 7.98. The normalized spacial score (nSPS) is 15.4. The van der Waals surface area contributed by atoms with Gasteiger partial charge in [0.15, 0.2) is 0 Å². The van der Waals surface area contributed by atoms with Gasteiger partial charge in [0.1, 0.15) is 5.82 Å². The molecule has 1 aromatic rings. The third-order valence-electron chi connectivity index (χ3n) is 3.80. The number of pyridine rings is 1. The summed E-state index contributed by atoms with van der Waals surface area (Å²) in [4.78, 5) is 30.8. The zero-order chi connectivity index (χ0) is 19.2. The average molecular weight is 371 g/mol. The predicted molar refractivity (Wildman–Crippen MR) is 89.6 cm³/mol. The van der Waals surface area contributed by atoms with Crippen LogP contribution in [0.2, 0.25) is 0 Å². The topological polar surface area (TPSA) is 77.6 Å². The summed E-state index contributed by atoms with van der Waals surface area (Å²) in [6, 6.07) is 1.77. The number of nitrogens with zero attached hydrogens (tertiary/aromatic N) is 3. The van der Waals surface area contributed by atoms with E-state index in [1.165, 1.54) is 12.1 Å². The number of hydrogen-bond acceptors (Lipinski definition) is 5. The fraction of sp³-hybridized carbons (Fsp3) is 0.438. The summed E-state index contributed by atoms with van der Waals surface area (Å²) in [7, 11) is 0. The number of anilines is 1. The monoisotopic (exact) mass is 371 g/mol. The molecule has 2 N–H and O–H groups in total. The number of carbonyl (C=O) groups is 2. The molecule has 0 radical (unpaired) electrons. The number of rotatable bonds is 5. The number of halogens is 3. The summed E-state index contributed by atoms with van der Waals surface area (Å²) in [5.74, 6) is 0.0403. The van der Waals surface area contributed by atoms with Crippen LogP contribution in [0.3, 0.4) is 0 Å². The molecular weight excluding hydrogens is 351 g/mol. The van der Waals surface area contributed by atoms with Crippen LogP contribution in [0.4, 0.5) is 23.8 Å². The van der Waals surface area contributed by atoms with E-state index in [4.69, 9.17) is 0 Å². The molecule has 10 heteroatoms. The zero-order valence-corrected chi connectivity index (χ0v) is 14.1. The average Bonchev–Trinajstić information content (AvgIpc) is 2.60. The number of imide groups is 1. The van der Waals surface area contributed by atoms with Gasteiger partial charge in [-0.25, -0.2) is 9.78 Å². The number of amides is 3. The Bertz CT molecular complexity index is 640. The minimum Gasteiger partial charge on any atom is -0.354 e. The Morgan fingerprint density at radius 3 is 2.46 bits per heavy atom. The minimum absolute atomic E-state index is 0.0653. The van der Waals surface area contributed by atoms with E-state index in [2.05, 4.69) is 22.2 Å². The second-order valence-electron chi connectivity index (χ2n) is 5.71. The molecule has 1 saturated heterocycles. The number of urea groups is 1. The summed E-state index contributed by atoms with van der Waals surface area (Å²) >= 11 is 0. The highest BCUT2D eigenvalue weighted by atomic mass is 19.4. The van der Waals surface area contributed by atoms with E-state index in [-0.39, 0.29) is 13.1 Å². The van der Waals surface area contributed by atoms with E-state index in [9.17, 15) is 22.8 Å². The molecule has 142 valence electrons. The highest BCUT2D eigenvalue weighted by Crippen LogP contribution is 2.29. The lowest BCUT2D eigenvalue weighted by Gasteiger charge is -2.35. The number of piperazine rings is 1. The van der Waals surface area contributed by atoms with Crippen molar-refractivity contribution in [3.8, 4) is 0 Å². The summed E-state index contributed by atoms with van der Waals surface area (Å²) in [5.41, 5.74) is -0.786. The SMILES string of the molecule is C=CCNC(=O)NC(=O)CN1CCN(c2ccc(C(F)(F)F)cn2)CC1. The van der Waals surface area contributed by atoms with Crippen LogP contribution >= 0.6 is 0 Å². The molecule has 0 unspecified atom stereocenters. The third-order valence-corrected chi connectivity index (χ3v) is 3.80. The van der Waals surface area contributed by atoms with Crippen molar-refractivity contribution in [2.24, 2.45) is 0 Å². The van der Waals surface area contributed by atoms with E-state index >= 15 is 0 Å². The van der Waals surface area contributed by atoms with E-state index in [0.29, 0.717) is 32.0 Å². The Morgan fingerprint density at radius 2 is 1.92 bits per heavy atom. The fourth-order valence-corrected chi connectivity index (χ4v) is 2.45. The number of aromatic nitrogens is 1. The molecule has 3 amide bonds. The smallest absolute Gasteiger partial charge is 0.354 e. The molecule has 1 aromatic heterocycles. The second kappa shape index (κ2) is 8.65. The zero-order valence-electron chi connectivity index (χ0n) is 14.1. The molecule has 0 aliphatic carbocycles. The van der Waals surface area contributed by atoms with Gasteiger partial charge in [0.05, 0.1) is 12.1 Å². The van der Waals surface area contributed by atoms with Crippen molar-refractivity contribution in [2.45, 2.75) is 6.18 Å². The number of nitrogens with one attached hydrogen (secondary N) is 2. The molecule has 7 nitrogen and oxygen atoms in total. The highest BCUT2D eigenvalue weighted by molar-refractivity contribution is 5.95. The van der Waals surface area contributed by atoms with Gasteiger partial charge in [0.2, 0.25) is 5.91 Å². The standard InChI is InChI=1S/C16H20F3N5O2/c1-2-5-20-15(26)22-14(25)11-23-6-8-24(9-7-23)13-4-3-12(10-21-13)16(17,18)19/h2-4,10H,1,5-9,11H2,(H2,20,22,25,26). The molecule has 0 bridgehead atoms. The van der Waals surface area contributed by atoms with Crippen LogP contribution in [0.1, 0.15) is 5.56 Å². The summed E-state index contributed by atoms with van der Waals surface area (Å²) in [5, 5.41) is 4.65. The molecule has 2 rings (SSSR count). The van der Waals surface area contributed by atoms with Gasteiger partial charge in [0.25, 0.3) is 0 Å². The maximum Gasteiger partial charge on any atom is 0.417 e. The van der Waals surface area contributed by atoms with Crippen LogP contribution in [0.5, 0.6) is 0 Å². The van der Waals surface area contributed by atoms with Crippen LogP contribution in [0.25, 0.3) is 0 Å². The van der Waals surface area contributed by atoms with Gasteiger partial charge in [-0.1, -0.05) is 6.08 Å². The summed E-state index contributed by atoms with van der Waals surface area (Å²) in [6.45, 7) is 5.89. The van der Waals surface area contributed by atoms with Crippen molar-refractivity contribution >= 4 is 17.8 Å². The Hall–Kier alpha value is -2.62. The van der Waals surface area contributed by atoms with Crippen molar-refractivity contribution < 1.29 is 22.8 Å². The molecule has 2 heterocycles. The molecule has 0 saturated carbocycles. The molecule has 26 heavy (non-hydrogen) atoms. The van der Waals surface area contributed by atoms with Crippen LogP contribution < -0.4 is 15.5 Å². The first-order valence-corrected chi connectivity index (χ1v) is 7.98. The maximum absolute atomic E-state index is 12.6. The summed E-state index contributed by atoms with van der Waals surface area (Å²) in [6.07, 6.45) is -2.09.